The van der Waals surface area contributed by atoms with Crippen molar-refractivity contribution in [2.24, 2.45) is 0 Å². The molecule has 4 heteroatoms. The van der Waals surface area contributed by atoms with Crippen molar-refractivity contribution in [1.82, 2.24) is 0 Å². The zero-order chi connectivity index (χ0) is 0. The van der Waals surface area contributed by atoms with Crippen molar-refractivity contribution in [3.05, 3.63) is 0 Å². The van der Waals surface area contributed by atoms with Crippen molar-refractivity contribution < 1.29 is 22.3 Å². The molecule has 0 aromatic carbocycles. The molecule has 0 rings (SSSR count). The summed E-state index contributed by atoms with van der Waals surface area (Å²) >= 11 is 0. The zero-order valence-electron chi connectivity index (χ0n) is 3.41. The van der Waals surface area contributed by atoms with Crippen molar-refractivity contribution in [2.75, 3.05) is 0 Å². The van der Waals surface area contributed by atoms with E-state index in [1.807, 2.05) is 0 Å². The topological polar surface area (TPSA) is 0 Å². The molecule has 0 N–H and O–H groups in total. The molecule has 18 valence electrons. The first kappa shape index (κ1) is 31.9. The molecule has 0 amide bonds. The SMILES string of the molecule is [AlH3].[AlH3].[H-].[H-].[Mg+2].[Zn]. The fourth-order valence-corrected chi connectivity index (χ4v) is 0. The van der Waals surface area contributed by atoms with Gasteiger partial charge in [-0.25, -0.2) is 0 Å². The second-order valence-electron chi connectivity index (χ2n) is 0. The molecule has 0 aromatic rings. The summed E-state index contributed by atoms with van der Waals surface area (Å²) in [6, 6.07) is 0. The Hall–Kier alpha value is 2.45. The monoisotopic (exact) mass is 150 g/mol. The minimum Gasteiger partial charge on any atom is -1.00 e. The van der Waals surface area contributed by atoms with Crippen LogP contribution >= 0.6 is 0 Å². The van der Waals surface area contributed by atoms with Crippen LogP contribution in [0.1, 0.15) is 2.85 Å². The normalized spacial score (nSPS) is 0. The Morgan fingerprint density at radius 3 is 1.00 bits per heavy atom. The van der Waals surface area contributed by atoms with Gasteiger partial charge < -0.3 is 2.85 Å². The van der Waals surface area contributed by atoms with Crippen LogP contribution in [0.5, 0.6) is 0 Å². The Morgan fingerprint density at radius 2 is 1.00 bits per heavy atom. The van der Waals surface area contributed by atoms with Gasteiger partial charge in [-0.05, 0) is 0 Å². The first-order valence-electron chi connectivity index (χ1n) is 0. The van der Waals surface area contributed by atoms with Crippen LogP contribution in [-0.2, 0) is 19.5 Å². The molecule has 0 aliphatic carbocycles. The van der Waals surface area contributed by atoms with Gasteiger partial charge in [-0.15, -0.1) is 0 Å². The molecule has 0 spiro atoms. The maximum atomic E-state index is 0. The second kappa shape index (κ2) is 18.0. The number of hydrogen-bond donors (Lipinski definition) is 0. The fourth-order valence-electron chi connectivity index (χ4n) is 0. The third-order valence-electron chi connectivity index (χ3n) is 0. The van der Waals surface area contributed by atoms with E-state index in [1.165, 1.54) is 0 Å². The number of hydrogen-bond acceptors (Lipinski definition) is 0. The Bertz CT molecular complexity index is 11.5. The van der Waals surface area contributed by atoms with E-state index in [1.54, 1.807) is 0 Å². The van der Waals surface area contributed by atoms with Gasteiger partial charge in [0.2, 0.25) is 0 Å². The minimum absolute atomic E-state index is 0. The molecule has 0 unspecified atom stereocenters. The zero-order valence-corrected chi connectivity index (χ0v) is 5.80. The Labute approximate surface area is 79.2 Å². The van der Waals surface area contributed by atoms with Gasteiger partial charge in [-0.2, -0.15) is 0 Å². The molecule has 0 aliphatic rings. The molecule has 0 nitrogen and oxygen atoms in total. The summed E-state index contributed by atoms with van der Waals surface area (Å²) in [5.74, 6) is 0. The molecule has 0 radical (unpaired) electrons. The molecule has 0 saturated carbocycles. The average Bonchev–Trinajstić information content (AvgIpc) is 0. The minimum atomic E-state index is 0. The van der Waals surface area contributed by atoms with Crippen LogP contribution in [-0.4, -0.2) is 57.8 Å². The predicted molar refractivity (Wildman–Crippen MR) is 27.9 cm³/mol. The van der Waals surface area contributed by atoms with Gasteiger partial charge in [0.15, 0.2) is 34.7 Å². The summed E-state index contributed by atoms with van der Waals surface area (Å²) in [5, 5.41) is 0. The van der Waals surface area contributed by atoms with E-state index in [-0.39, 0.29) is 80.1 Å². The van der Waals surface area contributed by atoms with E-state index in [9.17, 15) is 0 Å². The quantitative estimate of drug-likeness (QED) is 0.335. The molecule has 0 aliphatic heterocycles. The third kappa shape index (κ3) is 8.82. The van der Waals surface area contributed by atoms with Gasteiger partial charge in [0.1, 0.15) is 0 Å². The van der Waals surface area contributed by atoms with Gasteiger partial charge in [0.25, 0.3) is 0 Å². The standard InChI is InChI=1S/2Al.Mg.Zn.8H/q;;+2;;;;;;;;2*-1. The molecular weight excluding hydrogens is 144 g/mol. The van der Waals surface area contributed by atoms with Crippen LogP contribution in [0, 0.1) is 0 Å². The molecule has 0 heterocycles. The Kier molecular flexibility index (Phi) is 143. The molecule has 0 saturated heterocycles. The summed E-state index contributed by atoms with van der Waals surface area (Å²) < 4.78 is 0. The van der Waals surface area contributed by atoms with E-state index in [0.29, 0.717) is 0 Å². The van der Waals surface area contributed by atoms with Crippen molar-refractivity contribution in [2.45, 2.75) is 0 Å². The maximum Gasteiger partial charge on any atom is 2.00 e. The summed E-state index contributed by atoms with van der Waals surface area (Å²) in [5.41, 5.74) is 0. The van der Waals surface area contributed by atoms with Gasteiger partial charge in [-0.1, -0.05) is 0 Å². The average molecular weight is 152 g/mol. The van der Waals surface area contributed by atoms with Crippen LogP contribution < -0.4 is 0 Å². The molecule has 0 atom stereocenters. The molecule has 0 bridgehead atoms. The molecule has 0 fully saturated rings. The Balaban J connectivity index is 0. The molecular formula is H8Al2MgZn. The van der Waals surface area contributed by atoms with Gasteiger partial charge in [0.05, 0.1) is 0 Å². The maximum absolute atomic E-state index is 0. The van der Waals surface area contributed by atoms with Gasteiger partial charge in [0, 0.05) is 19.5 Å². The van der Waals surface area contributed by atoms with Crippen LogP contribution in [0.25, 0.3) is 0 Å². The van der Waals surface area contributed by atoms with Crippen LogP contribution in [0.3, 0.4) is 0 Å². The first-order valence-corrected chi connectivity index (χ1v) is 0. The summed E-state index contributed by atoms with van der Waals surface area (Å²) in [4.78, 5) is 0. The van der Waals surface area contributed by atoms with E-state index in [4.69, 9.17) is 0 Å². The second-order valence-corrected chi connectivity index (χ2v) is 0. The largest absolute Gasteiger partial charge is 2.00 e. The van der Waals surface area contributed by atoms with Gasteiger partial charge in [-0.3, -0.25) is 0 Å². The van der Waals surface area contributed by atoms with E-state index in [2.05, 4.69) is 0 Å². The molecule has 4 heavy (non-hydrogen) atoms. The first-order chi connectivity index (χ1) is 0. The van der Waals surface area contributed by atoms with E-state index >= 15 is 0 Å². The van der Waals surface area contributed by atoms with E-state index < -0.39 is 0 Å². The third-order valence-corrected chi connectivity index (χ3v) is 0. The van der Waals surface area contributed by atoms with Crippen molar-refractivity contribution in [3.8, 4) is 0 Å². The van der Waals surface area contributed by atoms with Crippen LogP contribution in [0.4, 0.5) is 0 Å². The molecule has 0 aromatic heterocycles. The van der Waals surface area contributed by atoms with Gasteiger partial charge >= 0.3 is 23.1 Å². The van der Waals surface area contributed by atoms with E-state index in [0.717, 1.165) is 0 Å². The van der Waals surface area contributed by atoms with Crippen LogP contribution in [0.2, 0.25) is 0 Å². The van der Waals surface area contributed by atoms with Crippen molar-refractivity contribution in [1.29, 1.82) is 0 Å². The van der Waals surface area contributed by atoms with Crippen molar-refractivity contribution in [3.63, 3.8) is 0 Å². The number of rotatable bonds is 0. The smallest absolute Gasteiger partial charge is 1.00 e. The Morgan fingerprint density at radius 1 is 1.00 bits per heavy atom. The van der Waals surface area contributed by atoms with Crippen LogP contribution in [0.15, 0.2) is 0 Å². The fraction of sp³-hybridized carbons (Fsp3) is 0. The van der Waals surface area contributed by atoms with Crippen molar-refractivity contribution >= 4 is 57.8 Å². The summed E-state index contributed by atoms with van der Waals surface area (Å²) in [7, 11) is 0. The summed E-state index contributed by atoms with van der Waals surface area (Å²) in [6.45, 7) is 0. The summed E-state index contributed by atoms with van der Waals surface area (Å²) in [6.07, 6.45) is 0. The predicted octanol–water partition coefficient (Wildman–Crippen LogP) is -2.53.